The molecule has 1 atom stereocenters. The highest BCUT2D eigenvalue weighted by molar-refractivity contribution is 5.85. The molecule has 2 rings (SSSR count). The van der Waals surface area contributed by atoms with Crippen LogP contribution in [-0.2, 0) is 9.59 Å². The van der Waals surface area contributed by atoms with E-state index in [0.717, 1.165) is 24.2 Å². The van der Waals surface area contributed by atoms with Crippen LogP contribution in [-0.4, -0.2) is 36.9 Å². The van der Waals surface area contributed by atoms with Crippen LogP contribution in [0, 0.1) is 0 Å². The molecule has 114 valence electrons. The Bertz CT molecular complexity index is 516. The van der Waals surface area contributed by atoms with E-state index in [1.165, 1.54) is 0 Å². The van der Waals surface area contributed by atoms with Crippen LogP contribution in [0.2, 0.25) is 0 Å². The van der Waals surface area contributed by atoms with Crippen molar-refractivity contribution >= 4 is 11.8 Å². The van der Waals surface area contributed by atoms with Crippen molar-refractivity contribution in [2.24, 2.45) is 0 Å². The molecular weight excluding hydrogens is 268 g/mol. The topological polar surface area (TPSA) is 58.6 Å². The normalized spacial score (nSPS) is 16.5. The zero-order valence-electron chi connectivity index (χ0n) is 12.6. The van der Waals surface area contributed by atoms with Crippen molar-refractivity contribution in [1.29, 1.82) is 0 Å². The first kappa shape index (κ1) is 15.4. The lowest BCUT2D eigenvalue weighted by Gasteiger charge is -2.27. The number of amides is 2. The molecule has 1 aromatic rings. The Kier molecular flexibility index (Phi) is 5.20. The maximum atomic E-state index is 12.1. The second-order valence-corrected chi connectivity index (χ2v) is 5.30. The van der Waals surface area contributed by atoms with E-state index in [0.29, 0.717) is 13.0 Å². The van der Waals surface area contributed by atoms with Gasteiger partial charge in [0, 0.05) is 18.5 Å². The average molecular weight is 290 g/mol. The molecule has 0 aliphatic carbocycles. The number of methoxy groups -OCH3 is 1. The number of para-hydroxylation sites is 1. The summed E-state index contributed by atoms with van der Waals surface area (Å²) >= 11 is 0. The van der Waals surface area contributed by atoms with Crippen LogP contribution in [0.15, 0.2) is 24.3 Å². The second kappa shape index (κ2) is 7.11. The molecule has 1 saturated heterocycles. The van der Waals surface area contributed by atoms with Gasteiger partial charge in [0.15, 0.2) is 0 Å². The maximum Gasteiger partial charge on any atom is 0.240 e. The van der Waals surface area contributed by atoms with E-state index < -0.39 is 0 Å². The molecule has 1 aliphatic heterocycles. The molecule has 0 saturated carbocycles. The summed E-state index contributed by atoms with van der Waals surface area (Å²) < 4.78 is 5.30. The van der Waals surface area contributed by atoms with Crippen molar-refractivity contribution in [3.05, 3.63) is 29.8 Å². The lowest BCUT2D eigenvalue weighted by molar-refractivity contribution is -0.138. The minimum atomic E-state index is -0.159. The monoisotopic (exact) mass is 290 g/mol. The van der Waals surface area contributed by atoms with Crippen LogP contribution in [0.1, 0.15) is 37.8 Å². The molecule has 1 N–H and O–H groups in total. The second-order valence-electron chi connectivity index (χ2n) is 5.30. The molecule has 1 fully saturated rings. The average Bonchev–Trinajstić information content (AvgIpc) is 2.49. The summed E-state index contributed by atoms with van der Waals surface area (Å²) in [5.41, 5.74) is 0.929. The minimum Gasteiger partial charge on any atom is -0.496 e. The number of piperidine rings is 1. The Morgan fingerprint density at radius 1 is 1.38 bits per heavy atom. The number of nitrogens with one attached hydrogen (secondary N) is 1. The fourth-order valence-corrected chi connectivity index (χ4v) is 2.59. The Hall–Kier alpha value is -2.04. The number of carbonyl (C=O) groups excluding carboxylic acids is 2. The first-order valence-corrected chi connectivity index (χ1v) is 7.32. The van der Waals surface area contributed by atoms with Gasteiger partial charge in [0.05, 0.1) is 19.7 Å². The third kappa shape index (κ3) is 3.97. The first-order chi connectivity index (χ1) is 10.1. The molecule has 1 aliphatic rings. The fourth-order valence-electron chi connectivity index (χ4n) is 2.59. The number of nitrogens with zero attached hydrogens (tertiary/aromatic N) is 1. The molecule has 5 heteroatoms. The predicted octanol–water partition coefficient (Wildman–Crippen LogP) is 1.88. The molecule has 0 aromatic heterocycles. The molecule has 1 aromatic carbocycles. The van der Waals surface area contributed by atoms with E-state index in [-0.39, 0.29) is 24.4 Å². The van der Waals surface area contributed by atoms with Gasteiger partial charge in [0.25, 0.3) is 0 Å². The minimum absolute atomic E-state index is 0.0707. The van der Waals surface area contributed by atoms with E-state index in [1.807, 2.05) is 31.2 Å². The largest absolute Gasteiger partial charge is 0.496 e. The van der Waals surface area contributed by atoms with Gasteiger partial charge in [-0.3, -0.25) is 9.59 Å². The Morgan fingerprint density at radius 2 is 2.14 bits per heavy atom. The van der Waals surface area contributed by atoms with Crippen molar-refractivity contribution in [3.8, 4) is 5.75 Å². The number of ether oxygens (including phenoxy) is 1. The molecule has 1 heterocycles. The van der Waals surface area contributed by atoms with Gasteiger partial charge in [-0.15, -0.1) is 0 Å². The van der Waals surface area contributed by atoms with Crippen LogP contribution < -0.4 is 10.1 Å². The summed E-state index contributed by atoms with van der Waals surface area (Å²) in [6.45, 7) is 2.72. The lowest BCUT2D eigenvalue weighted by atomic mass is 10.1. The Morgan fingerprint density at radius 3 is 2.86 bits per heavy atom. The van der Waals surface area contributed by atoms with Gasteiger partial charge in [-0.2, -0.15) is 0 Å². The summed E-state index contributed by atoms with van der Waals surface area (Å²) in [5, 5.41) is 2.93. The van der Waals surface area contributed by atoms with Gasteiger partial charge in [-0.25, -0.2) is 0 Å². The van der Waals surface area contributed by atoms with Crippen molar-refractivity contribution in [2.75, 3.05) is 20.2 Å². The molecular formula is C16H22N2O3. The standard InChI is InChI=1S/C16H22N2O3/c1-12(13-7-3-4-8-14(13)21-2)17-15(19)11-18-10-6-5-9-16(18)20/h3-4,7-8,12H,5-6,9-11H2,1-2H3,(H,17,19). The zero-order chi connectivity index (χ0) is 15.2. The van der Waals surface area contributed by atoms with E-state index >= 15 is 0 Å². The lowest BCUT2D eigenvalue weighted by Crippen LogP contribution is -2.43. The summed E-state index contributed by atoms with van der Waals surface area (Å²) in [4.78, 5) is 25.4. The number of rotatable bonds is 5. The van der Waals surface area contributed by atoms with Crippen molar-refractivity contribution in [2.45, 2.75) is 32.2 Å². The van der Waals surface area contributed by atoms with Gasteiger partial charge in [0.2, 0.25) is 11.8 Å². The third-order valence-electron chi connectivity index (χ3n) is 3.74. The first-order valence-electron chi connectivity index (χ1n) is 7.32. The molecule has 0 radical (unpaired) electrons. The van der Waals surface area contributed by atoms with Gasteiger partial charge in [0.1, 0.15) is 5.75 Å². The highest BCUT2D eigenvalue weighted by Gasteiger charge is 2.21. The summed E-state index contributed by atoms with van der Waals surface area (Å²) in [7, 11) is 1.61. The van der Waals surface area contributed by atoms with Gasteiger partial charge < -0.3 is 15.0 Å². The number of likely N-dealkylation sites (tertiary alicyclic amines) is 1. The predicted molar refractivity (Wildman–Crippen MR) is 80.0 cm³/mol. The maximum absolute atomic E-state index is 12.1. The highest BCUT2D eigenvalue weighted by Crippen LogP contribution is 2.24. The number of hydrogen-bond donors (Lipinski definition) is 1. The quantitative estimate of drug-likeness (QED) is 0.901. The van der Waals surface area contributed by atoms with Gasteiger partial charge in [-0.05, 0) is 25.8 Å². The molecule has 21 heavy (non-hydrogen) atoms. The molecule has 1 unspecified atom stereocenters. The Labute approximate surface area is 125 Å². The number of benzene rings is 1. The van der Waals surface area contributed by atoms with Crippen LogP contribution in [0.4, 0.5) is 0 Å². The molecule has 0 spiro atoms. The smallest absolute Gasteiger partial charge is 0.240 e. The number of hydrogen-bond acceptors (Lipinski definition) is 3. The van der Waals surface area contributed by atoms with Gasteiger partial charge in [-0.1, -0.05) is 18.2 Å². The molecule has 0 bridgehead atoms. The van der Waals surface area contributed by atoms with Crippen molar-refractivity contribution < 1.29 is 14.3 Å². The van der Waals surface area contributed by atoms with Crippen molar-refractivity contribution in [1.82, 2.24) is 10.2 Å². The van der Waals surface area contributed by atoms with Crippen LogP contribution >= 0.6 is 0 Å². The zero-order valence-corrected chi connectivity index (χ0v) is 12.6. The van der Waals surface area contributed by atoms with E-state index in [1.54, 1.807) is 12.0 Å². The van der Waals surface area contributed by atoms with E-state index in [9.17, 15) is 9.59 Å². The van der Waals surface area contributed by atoms with Gasteiger partial charge >= 0.3 is 0 Å². The fraction of sp³-hybridized carbons (Fsp3) is 0.500. The van der Waals surface area contributed by atoms with E-state index in [2.05, 4.69) is 5.32 Å². The third-order valence-corrected chi connectivity index (χ3v) is 3.74. The van der Waals surface area contributed by atoms with E-state index in [4.69, 9.17) is 4.74 Å². The highest BCUT2D eigenvalue weighted by atomic mass is 16.5. The molecule has 2 amide bonds. The summed E-state index contributed by atoms with van der Waals surface area (Å²) in [5.74, 6) is 0.685. The SMILES string of the molecule is COc1ccccc1C(C)NC(=O)CN1CCCCC1=O. The number of carbonyl (C=O) groups is 2. The summed E-state index contributed by atoms with van der Waals surface area (Å²) in [6.07, 6.45) is 2.45. The van der Waals surface area contributed by atoms with Crippen LogP contribution in [0.25, 0.3) is 0 Å². The Balaban J connectivity index is 1.94. The summed E-state index contributed by atoms with van der Waals surface area (Å²) in [6, 6.07) is 7.44. The molecule has 5 nitrogen and oxygen atoms in total. The van der Waals surface area contributed by atoms with Crippen molar-refractivity contribution in [3.63, 3.8) is 0 Å². The van der Waals surface area contributed by atoms with Crippen LogP contribution in [0.5, 0.6) is 5.75 Å². The van der Waals surface area contributed by atoms with Crippen LogP contribution in [0.3, 0.4) is 0 Å².